The maximum atomic E-state index is 12.1. The van der Waals surface area contributed by atoms with Crippen molar-refractivity contribution in [2.45, 2.75) is 39.2 Å². The Labute approximate surface area is 152 Å². The lowest BCUT2D eigenvalue weighted by Gasteiger charge is -2.26. The van der Waals surface area contributed by atoms with E-state index in [-0.39, 0.29) is 17.2 Å². The first-order valence-corrected chi connectivity index (χ1v) is 9.20. The third-order valence-electron chi connectivity index (χ3n) is 3.38. The minimum Gasteiger partial charge on any atom is -0.444 e. The Morgan fingerprint density at radius 2 is 1.88 bits per heavy atom. The zero-order chi connectivity index (χ0) is 18.2. The maximum Gasteiger partial charge on any atom is 0.407 e. The molecule has 1 N–H and O–H groups in total. The fourth-order valence-electron chi connectivity index (χ4n) is 2.23. The van der Waals surface area contributed by atoms with Crippen LogP contribution in [-0.4, -0.2) is 47.5 Å². The fraction of sp³-hybridized carbons (Fsp3) is 0.556. The first kappa shape index (κ1) is 20.5. The molecule has 5 nitrogen and oxygen atoms in total. The summed E-state index contributed by atoms with van der Waals surface area (Å²) in [5, 5.41) is 2.96. The van der Waals surface area contributed by atoms with E-state index in [4.69, 9.17) is 4.74 Å². The normalized spacial score (nSPS) is 12.4. The van der Waals surface area contributed by atoms with Gasteiger partial charge in [-0.3, -0.25) is 4.79 Å². The van der Waals surface area contributed by atoms with E-state index in [1.54, 1.807) is 4.90 Å². The average Bonchev–Trinajstić information content (AvgIpc) is 2.52. The van der Waals surface area contributed by atoms with Gasteiger partial charge in [0.2, 0.25) is 5.91 Å². The average molecular weight is 399 g/mol. The van der Waals surface area contributed by atoms with Crippen molar-refractivity contribution in [2.75, 3.05) is 25.0 Å². The summed E-state index contributed by atoms with van der Waals surface area (Å²) in [6.45, 7) is 8.93. The van der Waals surface area contributed by atoms with E-state index < -0.39 is 11.7 Å². The van der Waals surface area contributed by atoms with Gasteiger partial charge in [0, 0.05) is 19.6 Å². The molecular formula is C18H27BrN2O3. The molecule has 134 valence electrons. The summed E-state index contributed by atoms with van der Waals surface area (Å²) in [6, 6.07) is 10.1. The van der Waals surface area contributed by atoms with Gasteiger partial charge in [-0.15, -0.1) is 0 Å². The lowest BCUT2D eigenvalue weighted by atomic mass is 10.0. The molecule has 1 aromatic carbocycles. The number of carbonyl (C=O) groups excluding carboxylic acids is 2. The Kier molecular flexibility index (Phi) is 8.25. The number of amides is 2. The molecule has 1 rings (SSSR count). The van der Waals surface area contributed by atoms with Crippen LogP contribution in [0.25, 0.3) is 0 Å². The van der Waals surface area contributed by atoms with E-state index in [1.165, 1.54) is 5.56 Å². The van der Waals surface area contributed by atoms with Crippen LogP contribution in [0, 0.1) is 0 Å². The molecule has 6 heteroatoms. The number of hydrogen-bond donors (Lipinski definition) is 1. The highest BCUT2D eigenvalue weighted by Crippen LogP contribution is 2.16. The second-order valence-corrected chi connectivity index (χ2v) is 7.27. The third kappa shape index (κ3) is 7.81. The van der Waals surface area contributed by atoms with Gasteiger partial charge in [0.05, 0.1) is 5.33 Å². The number of nitrogens with zero attached hydrogens (tertiary/aromatic N) is 1. The van der Waals surface area contributed by atoms with Gasteiger partial charge in [-0.05, 0) is 32.3 Å². The molecular weight excluding hydrogens is 372 g/mol. The van der Waals surface area contributed by atoms with Crippen LogP contribution in [0.3, 0.4) is 0 Å². The summed E-state index contributed by atoms with van der Waals surface area (Å²) in [4.78, 5) is 25.5. The number of carbonyl (C=O) groups is 2. The monoisotopic (exact) mass is 398 g/mol. The van der Waals surface area contributed by atoms with Crippen molar-refractivity contribution in [3.8, 4) is 0 Å². The fourth-order valence-corrected chi connectivity index (χ4v) is 2.58. The summed E-state index contributed by atoms with van der Waals surface area (Å²) in [7, 11) is 0. The summed E-state index contributed by atoms with van der Waals surface area (Å²) in [5.41, 5.74) is 0.655. The Hall–Kier alpha value is -1.56. The highest BCUT2D eigenvalue weighted by molar-refractivity contribution is 9.09. The smallest absolute Gasteiger partial charge is 0.407 e. The number of rotatable bonds is 7. The predicted octanol–water partition coefficient (Wildman–Crippen LogP) is 3.54. The van der Waals surface area contributed by atoms with Gasteiger partial charge >= 0.3 is 6.09 Å². The number of halogens is 1. The number of hydrogen-bond acceptors (Lipinski definition) is 3. The molecule has 24 heavy (non-hydrogen) atoms. The molecule has 0 heterocycles. The Bertz CT molecular complexity index is 529. The van der Waals surface area contributed by atoms with Crippen LogP contribution in [0.4, 0.5) is 4.79 Å². The molecule has 1 aromatic rings. The van der Waals surface area contributed by atoms with Crippen molar-refractivity contribution in [2.24, 2.45) is 0 Å². The van der Waals surface area contributed by atoms with E-state index in [2.05, 4.69) is 40.3 Å². The molecule has 0 radical (unpaired) electrons. The van der Waals surface area contributed by atoms with Crippen LogP contribution >= 0.6 is 15.9 Å². The van der Waals surface area contributed by atoms with Gasteiger partial charge in [-0.25, -0.2) is 4.79 Å². The molecule has 1 unspecified atom stereocenters. The predicted molar refractivity (Wildman–Crippen MR) is 99.5 cm³/mol. The number of benzene rings is 1. The Balaban J connectivity index is 2.54. The zero-order valence-electron chi connectivity index (χ0n) is 14.8. The van der Waals surface area contributed by atoms with E-state index >= 15 is 0 Å². The van der Waals surface area contributed by atoms with Crippen LogP contribution in [0.15, 0.2) is 30.3 Å². The van der Waals surface area contributed by atoms with Gasteiger partial charge in [0.1, 0.15) is 5.60 Å². The second kappa shape index (κ2) is 9.67. The largest absolute Gasteiger partial charge is 0.444 e. The van der Waals surface area contributed by atoms with Gasteiger partial charge < -0.3 is 15.0 Å². The molecule has 0 aromatic heterocycles. The Morgan fingerprint density at radius 1 is 1.25 bits per heavy atom. The number of ether oxygens (including phenoxy) is 1. The van der Waals surface area contributed by atoms with Crippen LogP contribution < -0.4 is 5.32 Å². The molecule has 0 aliphatic carbocycles. The van der Waals surface area contributed by atoms with Crippen molar-refractivity contribution in [1.29, 1.82) is 0 Å². The van der Waals surface area contributed by atoms with Gasteiger partial charge in [-0.2, -0.15) is 0 Å². The minimum atomic E-state index is -0.530. The molecule has 1 atom stereocenters. The molecule has 0 aliphatic rings. The molecule has 0 saturated carbocycles. The third-order valence-corrected chi connectivity index (χ3v) is 3.86. The van der Waals surface area contributed by atoms with E-state index in [0.717, 1.165) is 0 Å². The van der Waals surface area contributed by atoms with Crippen molar-refractivity contribution in [3.63, 3.8) is 0 Å². The first-order valence-electron chi connectivity index (χ1n) is 8.08. The van der Waals surface area contributed by atoms with Crippen LogP contribution in [0.1, 0.15) is 39.2 Å². The van der Waals surface area contributed by atoms with Gasteiger partial charge in [0.15, 0.2) is 0 Å². The van der Waals surface area contributed by atoms with E-state index in [0.29, 0.717) is 19.6 Å². The lowest BCUT2D eigenvalue weighted by Crippen LogP contribution is -2.42. The van der Waals surface area contributed by atoms with Gasteiger partial charge in [0.25, 0.3) is 0 Å². The van der Waals surface area contributed by atoms with Crippen molar-refractivity contribution >= 4 is 27.9 Å². The van der Waals surface area contributed by atoms with Crippen LogP contribution in [0.5, 0.6) is 0 Å². The first-order chi connectivity index (χ1) is 11.2. The van der Waals surface area contributed by atoms with E-state index in [1.807, 2.05) is 39.0 Å². The minimum absolute atomic E-state index is 0.00349. The van der Waals surface area contributed by atoms with Crippen LogP contribution in [0.2, 0.25) is 0 Å². The van der Waals surface area contributed by atoms with Gasteiger partial charge in [-0.1, -0.05) is 53.2 Å². The zero-order valence-corrected chi connectivity index (χ0v) is 16.4. The molecule has 2 amide bonds. The van der Waals surface area contributed by atoms with Crippen molar-refractivity contribution in [1.82, 2.24) is 10.2 Å². The number of alkyl carbamates (subject to hydrolysis) is 1. The number of alkyl halides is 1. The van der Waals surface area contributed by atoms with E-state index in [9.17, 15) is 9.59 Å². The molecule has 0 saturated heterocycles. The van der Waals surface area contributed by atoms with Crippen molar-refractivity contribution < 1.29 is 14.3 Å². The summed E-state index contributed by atoms with van der Waals surface area (Å²) in [6.07, 6.45) is -0.468. The van der Waals surface area contributed by atoms with Crippen molar-refractivity contribution in [3.05, 3.63) is 35.9 Å². The highest BCUT2D eigenvalue weighted by Gasteiger charge is 2.18. The maximum absolute atomic E-state index is 12.1. The second-order valence-electron chi connectivity index (χ2n) is 6.71. The lowest BCUT2D eigenvalue weighted by molar-refractivity contribution is -0.128. The topological polar surface area (TPSA) is 58.6 Å². The molecule has 0 bridgehead atoms. The molecule has 0 aliphatic heterocycles. The molecule has 0 spiro atoms. The summed E-state index contributed by atoms with van der Waals surface area (Å²) in [5.74, 6) is 0.222. The summed E-state index contributed by atoms with van der Waals surface area (Å²) < 4.78 is 5.19. The standard InChI is InChI=1S/C18H27BrN2O3/c1-14(15-8-6-5-7-9-15)13-21(16(22)12-19)11-10-20-17(23)24-18(2,3)4/h5-9,14H,10-13H2,1-4H3,(H,20,23). The highest BCUT2D eigenvalue weighted by atomic mass is 79.9. The molecule has 0 fully saturated rings. The quantitative estimate of drug-likeness (QED) is 0.714. The Morgan fingerprint density at radius 3 is 2.42 bits per heavy atom. The number of nitrogens with one attached hydrogen (secondary N) is 1. The SMILES string of the molecule is CC(CN(CCNC(=O)OC(C)(C)C)C(=O)CBr)c1ccccc1. The van der Waals surface area contributed by atoms with Crippen LogP contribution in [-0.2, 0) is 9.53 Å². The summed E-state index contributed by atoms with van der Waals surface area (Å²) >= 11 is 3.22.